The Balaban J connectivity index is 2.13. The Hall–Kier alpha value is -1.01. The molecule has 1 aromatic carbocycles. The average molecular weight is 378 g/mol. The molecule has 0 aliphatic heterocycles. The number of aromatic nitrogens is 1. The van der Waals surface area contributed by atoms with Gasteiger partial charge in [0.1, 0.15) is 11.6 Å². The number of halogens is 4. The molecular weight excluding hydrogens is 370 g/mol. The van der Waals surface area contributed by atoms with Gasteiger partial charge in [-0.15, -0.1) is 0 Å². The molecule has 2 rings (SSSR count). The first-order chi connectivity index (χ1) is 8.56. The molecule has 18 heavy (non-hydrogen) atoms. The van der Waals surface area contributed by atoms with Crippen molar-refractivity contribution in [1.29, 1.82) is 0 Å². The van der Waals surface area contributed by atoms with Gasteiger partial charge in [0, 0.05) is 29.5 Å². The van der Waals surface area contributed by atoms with Crippen LogP contribution in [0.5, 0.6) is 0 Å². The van der Waals surface area contributed by atoms with Gasteiger partial charge in [-0.2, -0.15) is 0 Å². The van der Waals surface area contributed by atoms with Crippen molar-refractivity contribution in [2.45, 2.75) is 6.54 Å². The van der Waals surface area contributed by atoms with Crippen LogP contribution in [0, 0.1) is 11.6 Å². The number of nitrogens with one attached hydrogen (secondary N) is 1. The van der Waals surface area contributed by atoms with Crippen molar-refractivity contribution in [3.63, 3.8) is 0 Å². The van der Waals surface area contributed by atoms with E-state index in [1.165, 1.54) is 6.07 Å². The maximum Gasteiger partial charge on any atom is 0.149 e. The van der Waals surface area contributed by atoms with E-state index in [9.17, 15) is 8.78 Å². The number of rotatable bonds is 3. The first-order valence-electron chi connectivity index (χ1n) is 5.04. The fraction of sp³-hybridized carbons (Fsp3) is 0.0833. The Kier molecular flexibility index (Phi) is 4.29. The van der Waals surface area contributed by atoms with Crippen LogP contribution in [-0.2, 0) is 6.54 Å². The van der Waals surface area contributed by atoms with Crippen LogP contribution in [0.1, 0.15) is 5.56 Å². The van der Waals surface area contributed by atoms with Gasteiger partial charge in [-0.1, -0.05) is 0 Å². The normalized spacial score (nSPS) is 10.4. The number of hydrogen-bond donors (Lipinski definition) is 1. The molecular formula is C12H8Br2F2N2. The molecule has 0 fully saturated rings. The van der Waals surface area contributed by atoms with Gasteiger partial charge in [-0.25, -0.2) is 8.78 Å². The fourth-order valence-corrected chi connectivity index (χ4v) is 2.16. The Morgan fingerprint density at radius 1 is 1.06 bits per heavy atom. The molecule has 0 spiro atoms. The molecule has 0 bridgehead atoms. The van der Waals surface area contributed by atoms with Crippen LogP contribution >= 0.6 is 31.9 Å². The van der Waals surface area contributed by atoms with Crippen LogP contribution in [0.3, 0.4) is 0 Å². The first-order valence-corrected chi connectivity index (χ1v) is 6.62. The summed E-state index contributed by atoms with van der Waals surface area (Å²) in [5, 5.41) is 2.89. The summed E-state index contributed by atoms with van der Waals surface area (Å²) in [6.45, 7) is 0.404. The van der Waals surface area contributed by atoms with Gasteiger partial charge in [-0.05, 0) is 49.6 Å². The van der Waals surface area contributed by atoms with E-state index in [0.717, 1.165) is 16.1 Å². The molecule has 0 aliphatic rings. The molecule has 1 heterocycles. The summed E-state index contributed by atoms with van der Waals surface area (Å²) in [6.07, 6.45) is 3.34. The Morgan fingerprint density at radius 3 is 2.56 bits per heavy atom. The van der Waals surface area contributed by atoms with E-state index in [0.29, 0.717) is 6.54 Å². The minimum Gasteiger partial charge on any atom is -0.379 e. The van der Waals surface area contributed by atoms with Crippen LogP contribution < -0.4 is 5.32 Å². The van der Waals surface area contributed by atoms with Gasteiger partial charge in [0.2, 0.25) is 0 Å². The van der Waals surface area contributed by atoms with Crippen molar-refractivity contribution >= 4 is 37.5 Å². The number of nitrogens with zero attached hydrogens (tertiary/aromatic N) is 1. The number of anilines is 1. The van der Waals surface area contributed by atoms with Crippen LogP contribution in [0.2, 0.25) is 0 Å². The summed E-state index contributed by atoms with van der Waals surface area (Å²) in [5.41, 5.74) is 1.13. The van der Waals surface area contributed by atoms with Gasteiger partial charge < -0.3 is 5.32 Å². The summed E-state index contributed by atoms with van der Waals surface area (Å²) in [4.78, 5) is 4.00. The van der Waals surface area contributed by atoms with Crippen molar-refractivity contribution < 1.29 is 8.78 Å². The lowest BCUT2D eigenvalue weighted by molar-refractivity contribution is 0.580. The third-order valence-corrected chi connectivity index (χ3v) is 3.30. The van der Waals surface area contributed by atoms with E-state index in [-0.39, 0.29) is 10.2 Å². The number of hydrogen-bond acceptors (Lipinski definition) is 2. The van der Waals surface area contributed by atoms with E-state index in [2.05, 4.69) is 42.2 Å². The summed E-state index contributed by atoms with van der Waals surface area (Å²) in [5.74, 6) is -1.25. The van der Waals surface area contributed by atoms with Gasteiger partial charge in [0.15, 0.2) is 0 Å². The quantitative estimate of drug-likeness (QED) is 0.796. The summed E-state index contributed by atoms with van der Waals surface area (Å²) >= 11 is 6.32. The molecule has 94 valence electrons. The predicted molar refractivity (Wildman–Crippen MR) is 73.3 cm³/mol. The zero-order chi connectivity index (χ0) is 13.1. The van der Waals surface area contributed by atoms with Crippen molar-refractivity contribution in [2.24, 2.45) is 0 Å². The number of benzene rings is 1. The number of pyridine rings is 1. The van der Waals surface area contributed by atoms with Gasteiger partial charge in [-0.3, -0.25) is 4.98 Å². The highest BCUT2D eigenvalue weighted by atomic mass is 79.9. The molecule has 0 aliphatic carbocycles. The SMILES string of the molecule is Fc1cc(F)c(NCc2cncc(Br)c2)cc1Br. The fourth-order valence-electron chi connectivity index (χ4n) is 1.41. The molecule has 0 amide bonds. The predicted octanol–water partition coefficient (Wildman–Crippen LogP) is 4.50. The Bertz CT molecular complexity index is 576. The lowest BCUT2D eigenvalue weighted by Gasteiger charge is -2.08. The summed E-state index contributed by atoms with van der Waals surface area (Å²) in [7, 11) is 0. The van der Waals surface area contributed by atoms with E-state index in [1.807, 2.05) is 6.07 Å². The second-order valence-electron chi connectivity index (χ2n) is 3.61. The van der Waals surface area contributed by atoms with Crippen LogP contribution in [0.25, 0.3) is 0 Å². The highest BCUT2D eigenvalue weighted by Crippen LogP contribution is 2.24. The van der Waals surface area contributed by atoms with Crippen LogP contribution in [0.4, 0.5) is 14.5 Å². The summed E-state index contributed by atoms with van der Waals surface area (Å²) in [6, 6.07) is 4.08. The third-order valence-electron chi connectivity index (χ3n) is 2.25. The third kappa shape index (κ3) is 3.26. The van der Waals surface area contributed by atoms with Gasteiger partial charge >= 0.3 is 0 Å². The molecule has 0 saturated carbocycles. The highest BCUT2D eigenvalue weighted by molar-refractivity contribution is 9.10. The van der Waals surface area contributed by atoms with Crippen LogP contribution in [0.15, 0.2) is 39.5 Å². The first kappa shape index (κ1) is 13.4. The van der Waals surface area contributed by atoms with Crippen molar-refractivity contribution in [1.82, 2.24) is 4.98 Å². The average Bonchev–Trinajstić information content (AvgIpc) is 2.32. The molecule has 2 aromatic rings. The molecule has 0 atom stereocenters. The van der Waals surface area contributed by atoms with Crippen molar-refractivity contribution in [2.75, 3.05) is 5.32 Å². The minimum absolute atomic E-state index is 0.221. The largest absolute Gasteiger partial charge is 0.379 e. The van der Waals surface area contributed by atoms with Crippen molar-refractivity contribution in [3.05, 3.63) is 56.7 Å². The molecule has 1 aromatic heterocycles. The maximum absolute atomic E-state index is 13.5. The van der Waals surface area contributed by atoms with E-state index >= 15 is 0 Å². The molecule has 1 N–H and O–H groups in total. The lowest BCUT2D eigenvalue weighted by atomic mass is 10.2. The molecule has 2 nitrogen and oxygen atoms in total. The summed E-state index contributed by atoms with van der Waals surface area (Å²) < 4.78 is 27.6. The Labute approximate surface area is 120 Å². The minimum atomic E-state index is -0.626. The second kappa shape index (κ2) is 5.75. The Morgan fingerprint density at radius 2 is 1.83 bits per heavy atom. The van der Waals surface area contributed by atoms with E-state index in [1.54, 1.807) is 12.4 Å². The monoisotopic (exact) mass is 376 g/mol. The molecule has 6 heteroatoms. The standard InChI is InChI=1S/C12H8Br2F2N2/c13-8-1-7(4-17-6-8)5-18-12-2-9(14)10(15)3-11(12)16/h1-4,6,18H,5H2. The maximum atomic E-state index is 13.5. The van der Waals surface area contributed by atoms with E-state index in [4.69, 9.17) is 0 Å². The smallest absolute Gasteiger partial charge is 0.149 e. The second-order valence-corrected chi connectivity index (χ2v) is 5.38. The van der Waals surface area contributed by atoms with Crippen molar-refractivity contribution in [3.8, 4) is 0 Å². The zero-order valence-electron chi connectivity index (χ0n) is 9.05. The molecule has 0 saturated heterocycles. The lowest BCUT2D eigenvalue weighted by Crippen LogP contribution is -2.02. The molecule has 0 unspecified atom stereocenters. The van der Waals surface area contributed by atoms with E-state index < -0.39 is 11.6 Å². The molecule has 0 radical (unpaired) electrons. The zero-order valence-corrected chi connectivity index (χ0v) is 12.2. The highest BCUT2D eigenvalue weighted by Gasteiger charge is 2.07. The topological polar surface area (TPSA) is 24.9 Å². The van der Waals surface area contributed by atoms with Crippen LogP contribution in [-0.4, -0.2) is 4.98 Å². The van der Waals surface area contributed by atoms with Gasteiger partial charge in [0.25, 0.3) is 0 Å². The van der Waals surface area contributed by atoms with Gasteiger partial charge in [0.05, 0.1) is 10.2 Å².